The van der Waals surface area contributed by atoms with E-state index < -0.39 is 7.26 Å². The van der Waals surface area contributed by atoms with Crippen LogP contribution in [-0.4, -0.2) is 25.7 Å². The van der Waals surface area contributed by atoms with Gasteiger partial charge in [-0.05, 0) is 0 Å². The van der Waals surface area contributed by atoms with Crippen molar-refractivity contribution in [3.8, 4) is 0 Å². The number of rotatable bonds is 16. The van der Waals surface area contributed by atoms with E-state index in [-0.39, 0.29) is 0 Å². The molecule has 0 rings (SSSR count). The average molecular weight is 317 g/mol. The van der Waals surface area contributed by atoms with E-state index in [0.717, 1.165) is 0 Å². The summed E-state index contributed by atoms with van der Waals surface area (Å²) in [5.41, 5.74) is 0. The molecule has 0 aromatic heterocycles. The molecule has 1 heteroatoms. The number of unbranched alkanes of at least 4 members (excludes halogenated alkanes) is 12. The van der Waals surface area contributed by atoms with E-state index in [0.29, 0.717) is 0 Å². The summed E-state index contributed by atoms with van der Waals surface area (Å²) in [7, 11) is -0.854. The fourth-order valence-corrected chi connectivity index (χ4v) is 5.91. The predicted molar refractivity (Wildman–Crippen MR) is 106 cm³/mol. The van der Waals surface area contributed by atoms with Gasteiger partial charge in [-0.25, -0.2) is 0 Å². The molecule has 0 aliphatic rings. The summed E-state index contributed by atoms with van der Waals surface area (Å²) in [6.45, 7) is 9.86. The third-order valence-electron chi connectivity index (χ3n) is 4.91. The van der Waals surface area contributed by atoms with Crippen LogP contribution in [0.4, 0.5) is 0 Å². The molecule has 0 nitrogen and oxygen atoms in total. The summed E-state index contributed by atoms with van der Waals surface area (Å²) in [5, 5.41) is 0. The molecule has 0 N–H and O–H groups in total. The van der Waals surface area contributed by atoms with Crippen LogP contribution in [0.2, 0.25) is 0 Å². The first kappa shape index (κ1) is 21.4. The second-order valence-corrected chi connectivity index (χ2v) is 13.2. The Balaban J connectivity index is 3.35. The molecule has 0 aromatic rings. The molecule has 0 saturated carbocycles. The van der Waals surface area contributed by atoms with Gasteiger partial charge in [-0.1, -0.05) is 0 Å². The van der Waals surface area contributed by atoms with Crippen LogP contribution < -0.4 is 0 Å². The first-order valence-corrected chi connectivity index (χ1v) is 13.5. The van der Waals surface area contributed by atoms with Crippen molar-refractivity contribution in [2.24, 2.45) is 0 Å². The summed E-state index contributed by atoms with van der Waals surface area (Å²) < 4.78 is 0. The van der Waals surface area contributed by atoms with Gasteiger partial charge in [-0.2, -0.15) is 0 Å². The van der Waals surface area contributed by atoms with Crippen molar-refractivity contribution in [1.29, 1.82) is 0 Å². The van der Waals surface area contributed by atoms with Crippen molar-refractivity contribution in [1.82, 2.24) is 0 Å². The summed E-state index contributed by atoms with van der Waals surface area (Å²) in [6, 6.07) is 0. The molecule has 0 unspecified atom stereocenters. The van der Waals surface area contributed by atoms with E-state index in [1.165, 1.54) is 89.9 Å². The van der Waals surface area contributed by atoms with Crippen molar-refractivity contribution >= 4 is 7.26 Å². The first-order chi connectivity index (χ1) is 10.1. The minimum absolute atomic E-state index is 0.854. The molecule has 0 fully saturated rings. The van der Waals surface area contributed by atoms with E-state index in [1.807, 2.05) is 0 Å². The first-order valence-electron chi connectivity index (χ1n) is 10.1. The SMILES string of the molecule is CCCCCCCCC[PH](C)(C)CCCCCCCCC. The van der Waals surface area contributed by atoms with Crippen molar-refractivity contribution in [2.75, 3.05) is 25.7 Å². The Hall–Kier alpha value is 0.430. The third-order valence-corrected chi connectivity index (χ3v) is 8.33. The molecule has 0 bridgehead atoms. The fourth-order valence-electron chi connectivity index (χ4n) is 3.25. The molecule has 21 heavy (non-hydrogen) atoms. The van der Waals surface area contributed by atoms with Crippen molar-refractivity contribution < 1.29 is 0 Å². The van der Waals surface area contributed by atoms with Crippen LogP contribution in [0.15, 0.2) is 0 Å². The maximum atomic E-state index is 2.63. The van der Waals surface area contributed by atoms with E-state index in [9.17, 15) is 0 Å². The molecule has 130 valence electrons. The normalized spacial score (nSPS) is 12.8. The Morgan fingerprint density at radius 3 is 1.05 bits per heavy atom. The summed E-state index contributed by atoms with van der Waals surface area (Å²) >= 11 is 0. The maximum absolute atomic E-state index is 2.63. The van der Waals surface area contributed by atoms with Crippen molar-refractivity contribution in [2.45, 2.75) is 104 Å². The summed E-state index contributed by atoms with van der Waals surface area (Å²) in [6.07, 6.45) is 23.7. The predicted octanol–water partition coefficient (Wildman–Crippen LogP) is 7.50. The van der Waals surface area contributed by atoms with Crippen LogP contribution in [0, 0.1) is 0 Å². The summed E-state index contributed by atoms with van der Waals surface area (Å²) in [4.78, 5) is 0. The standard InChI is InChI=1S/C20H45P/c1-5-7-9-11-13-15-17-19-21(3,4)20-18-16-14-12-10-8-6-2/h21H,5-20H2,1-4H3. The van der Waals surface area contributed by atoms with E-state index in [1.54, 1.807) is 12.3 Å². The van der Waals surface area contributed by atoms with Gasteiger partial charge in [-0.15, -0.1) is 0 Å². The average Bonchev–Trinajstić information content (AvgIpc) is 2.45. The van der Waals surface area contributed by atoms with Gasteiger partial charge in [0.05, 0.1) is 0 Å². The van der Waals surface area contributed by atoms with Crippen LogP contribution in [0.25, 0.3) is 0 Å². The molecule has 0 aliphatic heterocycles. The van der Waals surface area contributed by atoms with Gasteiger partial charge in [0.25, 0.3) is 0 Å². The monoisotopic (exact) mass is 316 g/mol. The Bertz CT molecular complexity index is 178. The molecule has 0 amide bonds. The zero-order chi connectivity index (χ0) is 15.8. The Morgan fingerprint density at radius 2 is 0.714 bits per heavy atom. The Labute approximate surface area is 137 Å². The molecule has 0 saturated heterocycles. The van der Waals surface area contributed by atoms with Crippen molar-refractivity contribution in [3.63, 3.8) is 0 Å². The molecule has 0 heterocycles. The van der Waals surface area contributed by atoms with Crippen LogP contribution >= 0.6 is 7.26 Å². The van der Waals surface area contributed by atoms with Crippen LogP contribution in [0.1, 0.15) is 104 Å². The second-order valence-electron chi connectivity index (χ2n) is 7.91. The van der Waals surface area contributed by atoms with Crippen LogP contribution in [0.3, 0.4) is 0 Å². The Kier molecular flexibility index (Phi) is 15.6. The van der Waals surface area contributed by atoms with Gasteiger partial charge >= 0.3 is 137 Å². The third kappa shape index (κ3) is 16.6. The number of hydrogen-bond acceptors (Lipinski definition) is 0. The fraction of sp³-hybridized carbons (Fsp3) is 1.00. The van der Waals surface area contributed by atoms with Gasteiger partial charge in [0.15, 0.2) is 0 Å². The zero-order valence-corrected chi connectivity index (χ0v) is 16.8. The Morgan fingerprint density at radius 1 is 0.429 bits per heavy atom. The molecular formula is C20H45P. The molecular weight excluding hydrogens is 271 g/mol. The van der Waals surface area contributed by atoms with Gasteiger partial charge in [-0.3, -0.25) is 0 Å². The van der Waals surface area contributed by atoms with Gasteiger partial charge in [0.2, 0.25) is 0 Å². The quantitative estimate of drug-likeness (QED) is 0.204. The minimum atomic E-state index is -0.854. The van der Waals surface area contributed by atoms with E-state index >= 15 is 0 Å². The molecule has 0 aromatic carbocycles. The van der Waals surface area contributed by atoms with Crippen LogP contribution in [0.5, 0.6) is 0 Å². The van der Waals surface area contributed by atoms with E-state index in [2.05, 4.69) is 27.2 Å². The van der Waals surface area contributed by atoms with Crippen molar-refractivity contribution in [3.05, 3.63) is 0 Å². The number of hydrogen-bond donors (Lipinski definition) is 0. The zero-order valence-electron chi connectivity index (χ0n) is 15.8. The van der Waals surface area contributed by atoms with Gasteiger partial charge < -0.3 is 0 Å². The van der Waals surface area contributed by atoms with Gasteiger partial charge in [0, 0.05) is 0 Å². The second kappa shape index (κ2) is 15.3. The molecule has 0 atom stereocenters. The summed E-state index contributed by atoms with van der Waals surface area (Å²) in [5.74, 6) is 0. The molecule has 0 radical (unpaired) electrons. The molecule has 0 aliphatic carbocycles. The topological polar surface area (TPSA) is 0 Å². The van der Waals surface area contributed by atoms with E-state index in [4.69, 9.17) is 0 Å². The molecule has 0 spiro atoms. The van der Waals surface area contributed by atoms with Crippen LogP contribution in [-0.2, 0) is 0 Å². The van der Waals surface area contributed by atoms with Gasteiger partial charge in [0.1, 0.15) is 0 Å².